The first-order chi connectivity index (χ1) is 8.74. The lowest BCUT2D eigenvalue weighted by Gasteiger charge is -2.21. The molecule has 0 saturated carbocycles. The van der Waals surface area contributed by atoms with E-state index >= 15 is 0 Å². The Morgan fingerprint density at radius 1 is 1.39 bits per heavy atom. The average molecular weight is 246 g/mol. The molecule has 0 aliphatic carbocycles. The van der Waals surface area contributed by atoms with Gasteiger partial charge in [0.25, 0.3) is 0 Å². The monoisotopic (exact) mass is 246 g/mol. The normalized spacial score (nSPS) is 20.5. The molecule has 0 radical (unpaired) electrons. The summed E-state index contributed by atoms with van der Waals surface area (Å²) in [5.74, 6) is 0.0805. The molecule has 1 aliphatic rings. The van der Waals surface area contributed by atoms with Crippen molar-refractivity contribution >= 4 is 16.7 Å². The fourth-order valence-electron chi connectivity index (χ4n) is 2.58. The molecule has 3 rings (SSSR count). The molecule has 1 atom stereocenters. The van der Waals surface area contributed by atoms with E-state index in [1.54, 1.807) is 6.07 Å². The number of rotatable bonds is 2. The molecule has 3 nitrogen and oxygen atoms in total. The molecule has 94 valence electrons. The molecule has 2 aromatic rings. The summed E-state index contributed by atoms with van der Waals surface area (Å²) in [5.41, 5.74) is 1.94. The number of nitrogens with one attached hydrogen (secondary N) is 2. The number of ketones is 1. The number of Topliss-reactive ketones (excluding diaryl/α,β-unsaturated/α-hetero) is 1. The number of piperidine rings is 1. The van der Waals surface area contributed by atoms with E-state index < -0.39 is 0 Å². The summed E-state index contributed by atoms with van der Waals surface area (Å²) in [6, 6.07) is 4.70. The highest BCUT2D eigenvalue weighted by atomic mass is 19.1. The molecular weight excluding hydrogens is 231 g/mol. The van der Waals surface area contributed by atoms with Crippen LogP contribution in [-0.4, -0.2) is 23.9 Å². The summed E-state index contributed by atoms with van der Waals surface area (Å²) in [6.45, 7) is 1.50. The fraction of sp³-hybridized carbons (Fsp3) is 0.357. The van der Waals surface area contributed by atoms with Crippen LogP contribution in [0.3, 0.4) is 0 Å². The maximum atomic E-state index is 13.3. The molecule has 0 bridgehead atoms. The average Bonchev–Trinajstić information content (AvgIpc) is 2.75. The van der Waals surface area contributed by atoms with Gasteiger partial charge in [-0.3, -0.25) is 4.79 Å². The van der Waals surface area contributed by atoms with Gasteiger partial charge in [-0.05, 0) is 30.2 Å². The molecule has 1 aliphatic heterocycles. The van der Waals surface area contributed by atoms with Crippen LogP contribution in [0.15, 0.2) is 24.4 Å². The van der Waals surface area contributed by atoms with Crippen molar-refractivity contribution in [1.29, 1.82) is 0 Å². The predicted molar refractivity (Wildman–Crippen MR) is 67.9 cm³/mol. The second kappa shape index (κ2) is 4.53. The van der Waals surface area contributed by atoms with Crippen LogP contribution in [0.2, 0.25) is 0 Å². The first kappa shape index (κ1) is 11.4. The number of halogens is 1. The Hall–Kier alpha value is -1.68. The number of aromatic amines is 1. The van der Waals surface area contributed by atoms with E-state index in [4.69, 9.17) is 0 Å². The van der Waals surface area contributed by atoms with Crippen molar-refractivity contribution in [1.82, 2.24) is 10.3 Å². The number of benzene rings is 1. The second-order valence-corrected chi connectivity index (χ2v) is 4.83. The van der Waals surface area contributed by atoms with Crippen molar-refractivity contribution in [3.8, 4) is 0 Å². The Labute approximate surface area is 104 Å². The highest BCUT2D eigenvalue weighted by molar-refractivity contribution is 5.86. The van der Waals surface area contributed by atoms with Crippen LogP contribution in [0.5, 0.6) is 0 Å². The Morgan fingerprint density at radius 3 is 3.11 bits per heavy atom. The fourth-order valence-corrected chi connectivity index (χ4v) is 2.58. The molecule has 1 aromatic carbocycles. The highest BCUT2D eigenvalue weighted by Crippen LogP contribution is 2.23. The lowest BCUT2D eigenvalue weighted by Crippen LogP contribution is -2.37. The third-order valence-electron chi connectivity index (χ3n) is 3.59. The highest BCUT2D eigenvalue weighted by Gasteiger charge is 2.23. The maximum absolute atomic E-state index is 13.3. The minimum Gasteiger partial charge on any atom is -0.361 e. The number of hydrogen-bond donors (Lipinski definition) is 2. The number of hydrogen-bond acceptors (Lipinski definition) is 2. The second-order valence-electron chi connectivity index (χ2n) is 4.83. The van der Waals surface area contributed by atoms with Gasteiger partial charge < -0.3 is 10.3 Å². The van der Waals surface area contributed by atoms with Gasteiger partial charge in [-0.1, -0.05) is 0 Å². The zero-order valence-electron chi connectivity index (χ0n) is 10.0. The Bertz CT molecular complexity index is 590. The summed E-state index contributed by atoms with van der Waals surface area (Å²) in [4.78, 5) is 14.9. The molecule has 1 saturated heterocycles. The van der Waals surface area contributed by atoms with Crippen LogP contribution in [0, 0.1) is 11.7 Å². The number of carbonyl (C=O) groups is 1. The molecule has 1 unspecified atom stereocenters. The SMILES string of the molecule is O=C1CCNCC1Cc1c[nH]c2ccc(F)cc12. The summed E-state index contributed by atoms with van der Waals surface area (Å²) < 4.78 is 13.3. The number of fused-ring (bicyclic) bond motifs is 1. The van der Waals surface area contributed by atoms with Crippen molar-refractivity contribution in [2.24, 2.45) is 5.92 Å². The van der Waals surface area contributed by atoms with Gasteiger partial charge in [0.15, 0.2) is 0 Å². The van der Waals surface area contributed by atoms with Gasteiger partial charge in [-0.15, -0.1) is 0 Å². The van der Waals surface area contributed by atoms with Gasteiger partial charge in [0.05, 0.1) is 0 Å². The van der Waals surface area contributed by atoms with Crippen molar-refractivity contribution < 1.29 is 9.18 Å². The third-order valence-corrected chi connectivity index (χ3v) is 3.59. The summed E-state index contributed by atoms with van der Waals surface area (Å²) in [6.07, 6.45) is 3.16. The van der Waals surface area contributed by atoms with E-state index in [9.17, 15) is 9.18 Å². The number of H-pyrrole nitrogens is 1. The summed E-state index contributed by atoms with van der Waals surface area (Å²) in [5, 5.41) is 4.11. The van der Waals surface area contributed by atoms with Crippen LogP contribution in [-0.2, 0) is 11.2 Å². The molecular formula is C14H15FN2O. The lowest BCUT2D eigenvalue weighted by molar-refractivity contribution is -0.123. The first-order valence-electron chi connectivity index (χ1n) is 6.23. The van der Waals surface area contributed by atoms with Gasteiger partial charge in [0.1, 0.15) is 11.6 Å². The zero-order valence-corrected chi connectivity index (χ0v) is 10.0. The molecule has 2 N–H and O–H groups in total. The van der Waals surface area contributed by atoms with E-state index in [-0.39, 0.29) is 11.7 Å². The van der Waals surface area contributed by atoms with Crippen molar-refractivity contribution in [2.45, 2.75) is 12.8 Å². The van der Waals surface area contributed by atoms with Gasteiger partial charge in [-0.2, -0.15) is 0 Å². The van der Waals surface area contributed by atoms with Crippen LogP contribution in [0.1, 0.15) is 12.0 Å². The van der Waals surface area contributed by atoms with E-state index in [1.165, 1.54) is 12.1 Å². The van der Waals surface area contributed by atoms with Gasteiger partial charge in [0, 0.05) is 42.5 Å². The summed E-state index contributed by atoms with van der Waals surface area (Å²) in [7, 11) is 0. The maximum Gasteiger partial charge on any atom is 0.138 e. The predicted octanol–water partition coefficient (Wildman–Crippen LogP) is 2.03. The largest absolute Gasteiger partial charge is 0.361 e. The molecule has 1 fully saturated rings. The quantitative estimate of drug-likeness (QED) is 0.851. The van der Waals surface area contributed by atoms with Crippen LogP contribution in [0.4, 0.5) is 4.39 Å². The van der Waals surface area contributed by atoms with Crippen molar-refractivity contribution in [3.63, 3.8) is 0 Å². The van der Waals surface area contributed by atoms with Crippen LogP contribution < -0.4 is 5.32 Å². The topological polar surface area (TPSA) is 44.9 Å². The molecule has 0 spiro atoms. The molecule has 2 heterocycles. The van der Waals surface area contributed by atoms with Gasteiger partial charge in [0.2, 0.25) is 0 Å². The molecule has 1 aromatic heterocycles. The number of aromatic nitrogens is 1. The molecule has 0 amide bonds. The molecule has 4 heteroatoms. The van der Waals surface area contributed by atoms with E-state index in [0.717, 1.165) is 29.6 Å². The third kappa shape index (κ3) is 2.04. The van der Waals surface area contributed by atoms with Crippen LogP contribution >= 0.6 is 0 Å². The van der Waals surface area contributed by atoms with Gasteiger partial charge >= 0.3 is 0 Å². The zero-order chi connectivity index (χ0) is 12.5. The smallest absolute Gasteiger partial charge is 0.138 e. The minimum atomic E-state index is -0.239. The van der Waals surface area contributed by atoms with E-state index in [0.29, 0.717) is 18.6 Å². The molecule has 18 heavy (non-hydrogen) atoms. The summed E-state index contributed by atoms with van der Waals surface area (Å²) >= 11 is 0. The van der Waals surface area contributed by atoms with Crippen molar-refractivity contribution in [2.75, 3.05) is 13.1 Å². The first-order valence-corrected chi connectivity index (χ1v) is 6.23. The van der Waals surface area contributed by atoms with E-state index in [1.807, 2.05) is 6.20 Å². The van der Waals surface area contributed by atoms with Crippen LogP contribution in [0.25, 0.3) is 10.9 Å². The Morgan fingerprint density at radius 2 is 2.28 bits per heavy atom. The van der Waals surface area contributed by atoms with Gasteiger partial charge in [-0.25, -0.2) is 4.39 Å². The minimum absolute atomic E-state index is 0.0148. The standard InChI is InChI=1S/C14H15FN2O/c15-11-1-2-13-12(6-11)9(8-17-13)5-10-7-16-4-3-14(10)18/h1-2,6,8,10,16-17H,3-5,7H2. The Balaban J connectivity index is 1.90. The lowest BCUT2D eigenvalue weighted by atomic mass is 9.91. The Kier molecular flexibility index (Phi) is 2.88. The van der Waals surface area contributed by atoms with E-state index in [2.05, 4.69) is 10.3 Å². The van der Waals surface area contributed by atoms with Crippen molar-refractivity contribution in [3.05, 3.63) is 35.8 Å². The number of carbonyl (C=O) groups excluding carboxylic acids is 1.